The molecule has 0 atom stereocenters. The van der Waals surface area contributed by atoms with Crippen molar-refractivity contribution in [1.29, 1.82) is 0 Å². The summed E-state index contributed by atoms with van der Waals surface area (Å²) < 4.78 is 0. The molecule has 1 aliphatic heterocycles. The number of thiocarbonyl (C=S) groups is 1. The van der Waals surface area contributed by atoms with Crippen molar-refractivity contribution in [2.45, 2.75) is 27.2 Å². The Balaban J connectivity index is 2.30. The standard InChI is InChI=1S/C13H19N3S/c1-9-6-10(12(14)17)7-11(15-9)16-5-4-13(2,3)8-16/h6-7H,4-5,8H2,1-3H3,(H2,14,17). The second-order valence-corrected chi connectivity index (χ2v) is 6.00. The smallest absolute Gasteiger partial charge is 0.129 e. The van der Waals surface area contributed by atoms with Crippen LogP contribution in [0.1, 0.15) is 31.5 Å². The van der Waals surface area contributed by atoms with Crippen LogP contribution in [0.3, 0.4) is 0 Å². The molecule has 1 fully saturated rings. The molecule has 1 aliphatic rings. The fourth-order valence-electron chi connectivity index (χ4n) is 2.26. The Hall–Kier alpha value is -1.16. The first-order valence-corrected chi connectivity index (χ1v) is 6.32. The zero-order valence-electron chi connectivity index (χ0n) is 10.7. The lowest BCUT2D eigenvalue weighted by molar-refractivity contribution is 0.418. The van der Waals surface area contributed by atoms with Crippen LogP contribution in [-0.2, 0) is 0 Å². The summed E-state index contributed by atoms with van der Waals surface area (Å²) in [6, 6.07) is 3.93. The van der Waals surface area contributed by atoms with Crippen LogP contribution in [0.4, 0.5) is 5.82 Å². The lowest BCUT2D eigenvalue weighted by Gasteiger charge is -2.21. The quantitative estimate of drug-likeness (QED) is 0.816. The van der Waals surface area contributed by atoms with Gasteiger partial charge in [-0.3, -0.25) is 0 Å². The Labute approximate surface area is 108 Å². The van der Waals surface area contributed by atoms with E-state index in [0.717, 1.165) is 30.2 Å². The van der Waals surface area contributed by atoms with Crippen molar-refractivity contribution >= 4 is 23.0 Å². The summed E-state index contributed by atoms with van der Waals surface area (Å²) >= 11 is 5.03. The molecule has 17 heavy (non-hydrogen) atoms. The molecular formula is C13H19N3S. The summed E-state index contributed by atoms with van der Waals surface area (Å²) in [5.74, 6) is 0.998. The summed E-state index contributed by atoms with van der Waals surface area (Å²) in [4.78, 5) is 7.33. The maximum Gasteiger partial charge on any atom is 0.129 e. The highest BCUT2D eigenvalue weighted by atomic mass is 32.1. The van der Waals surface area contributed by atoms with E-state index >= 15 is 0 Å². The largest absolute Gasteiger partial charge is 0.389 e. The van der Waals surface area contributed by atoms with E-state index in [2.05, 4.69) is 23.7 Å². The highest BCUT2D eigenvalue weighted by Crippen LogP contribution is 2.31. The SMILES string of the molecule is Cc1cc(C(N)=S)cc(N2CCC(C)(C)C2)n1. The second-order valence-electron chi connectivity index (χ2n) is 5.56. The summed E-state index contributed by atoms with van der Waals surface area (Å²) in [5, 5.41) is 0. The number of nitrogens with two attached hydrogens (primary N) is 1. The third kappa shape index (κ3) is 2.75. The van der Waals surface area contributed by atoms with Gasteiger partial charge in [0.2, 0.25) is 0 Å². The minimum absolute atomic E-state index is 0.370. The monoisotopic (exact) mass is 249 g/mol. The van der Waals surface area contributed by atoms with Crippen molar-refractivity contribution in [3.63, 3.8) is 0 Å². The molecule has 1 aromatic rings. The van der Waals surface area contributed by atoms with Gasteiger partial charge in [-0.15, -0.1) is 0 Å². The van der Waals surface area contributed by atoms with E-state index in [-0.39, 0.29) is 0 Å². The van der Waals surface area contributed by atoms with E-state index in [1.54, 1.807) is 0 Å². The minimum Gasteiger partial charge on any atom is -0.389 e. The normalized spacial score (nSPS) is 18.4. The molecule has 0 radical (unpaired) electrons. The molecule has 2 heterocycles. The van der Waals surface area contributed by atoms with Crippen molar-refractivity contribution in [1.82, 2.24) is 4.98 Å². The van der Waals surface area contributed by atoms with E-state index in [1.807, 2.05) is 19.1 Å². The van der Waals surface area contributed by atoms with E-state index in [4.69, 9.17) is 18.0 Å². The number of hydrogen-bond acceptors (Lipinski definition) is 3. The number of rotatable bonds is 2. The predicted molar refractivity (Wildman–Crippen MR) is 75.5 cm³/mol. The minimum atomic E-state index is 0.370. The van der Waals surface area contributed by atoms with Crippen LogP contribution in [0.25, 0.3) is 0 Å². The van der Waals surface area contributed by atoms with Crippen LogP contribution in [0.15, 0.2) is 12.1 Å². The molecule has 0 amide bonds. The third-order valence-electron chi connectivity index (χ3n) is 3.23. The Bertz CT molecular complexity index is 454. The number of aryl methyl sites for hydroxylation is 1. The van der Waals surface area contributed by atoms with Crippen molar-refractivity contribution in [2.75, 3.05) is 18.0 Å². The van der Waals surface area contributed by atoms with Crippen molar-refractivity contribution in [3.05, 3.63) is 23.4 Å². The topological polar surface area (TPSA) is 42.1 Å². The van der Waals surface area contributed by atoms with E-state index in [9.17, 15) is 0 Å². The van der Waals surface area contributed by atoms with E-state index < -0.39 is 0 Å². The van der Waals surface area contributed by atoms with Gasteiger partial charge in [-0.05, 0) is 30.9 Å². The summed E-state index contributed by atoms with van der Waals surface area (Å²) in [6.45, 7) is 8.65. The molecule has 2 rings (SSSR count). The Morgan fingerprint density at radius 3 is 2.71 bits per heavy atom. The number of pyridine rings is 1. The molecule has 0 aromatic carbocycles. The average Bonchev–Trinajstić information content (AvgIpc) is 2.58. The van der Waals surface area contributed by atoms with E-state index in [0.29, 0.717) is 10.4 Å². The number of aromatic nitrogens is 1. The molecule has 4 heteroatoms. The lowest BCUT2D eigenvalue weighted by atomic mass is 9.93. The Kier molecular flexibility index (Phi) is 3.08. The zero-order chi connectivity index (χ0) is 12.6. The van der Waals surface area contributed by atoms with Crippen LogP contribution in [0, 0.1) is 12.3 Å². The number of nitrogens with zero attached hydrogens (tertiary/aromatic N) is 2. The molecular weight excluding hydrogens is 230 g/mol. The van der Waals surface area contributed by atoms with Gasteiger partial charge in [0.1, 0.15) is 10.8 Å². The molecule has 1 saturated heterocycles. The van der Waals surface area contributed by atoms with Crippen molar-refractivity contribution in [2.24, 2.45) is 11.1 Å². The third-order valence-corrected chi connectivity index (χ3v) is 3.46. The van der Waals surface area contributed by atoms with Crippen molar-refractivity contribution in [3.8, 4) is 0 Å². The van der Waals surface area contributed by atoms with Crippen LogP contribution in [0.2, 0.25) is 0 Å². The molecule has 3 nitrogen and oxygen atoms in total. The van der Waals surface area contributed by atoms with Gasteiger partial charge >= 0.3 is 0 Å². The highest BCUT2D eigenvalue weighted by molar-refractivity contribution is 7.80. The fraction of sp³-hybridized carbons (Fsp3) is 0.538. The number of hydrogen-bond donors (Lipinski definition) is 1. The van der Waals surface area contributed by atoms with Gasteiger partial charge < -0.3 is 10.6 Å². The molecule has 0 aliphatic carbocycles. The first-order valence-electron chi connectivity index (χ1n) is 5.91. The van der Waals surface area contributed by atoms with Crippen LogP contribution in [-0.4, -0.2) is 23.1 Å². The van der Waals surface area contributed by atoms with Crippen LogP contribution in [0.5, 0.6) is 0 Å². The molecule has 0 saturated carbocycles. The van der Waals surface area contributed by atoms with Crippen LogP contribution >= 0.6 is 12.2 Å². The lowest BCUT2D eigenvalue weighted by Crippen LogP contribution is -2.24. The molecule has 0 spiro atoms. The zero-order valence-corrected chi connectivity index (χ0v) is 11.5. The first kappa shape index (κ1) is 12.3. The van der Waals surface area contributed by atoms with Gasteiger partial charge in [-0.2, -0.15) is 0 Å². The van der Waals surface area contributed by atoms with E-state index in [1.165, 1.54) is 6.42 Å². The van der Waals surface area contributed by atoms with Gasteiger partial charge in [0.15, 0.2) is 0 Å². The van der Waals surface area contributed by atoms with Gasteiger partial charge in [-0.1, -0.05) is 26.1 Å². The molecule has 0 unspecified atom stereocenters. The van der Waals surface area contributed by atoms with Gasteiger partial charge in [0.05, 0.1) is 0 Å². The molecule has 92 valence electrons. The van der Waals surface area contributed by atoms with Crippen LogP contribution < -0.4 is 10.6 Å². The first-order chi connectivity index (χ1) is 7.87. The maximum atomic E-state index is 5.69. The molecule has 0 bridgehead atoms. The summed E-state index contributed by atoms with van der Waals surface area (Å²) in [5.41, 5.74) is 7.94. The van der Waals surface area contributed by atoms with Gasteiger partial charge in [0.25, 0.3) is 0 Å². The second kappa shape index (κ2) is 4.26. The average molecular weight is 249 g/mol. The van der Waals surface area contributed by atoms with Crippen molar-refractivity contribution < 1.29 is 0 Å². The predicted octanol–water partition coefficient (Wildman–Crippen LogP) is 2.26. The maximum absolute atomic E-state index is 5.69. The summed E-state index contributed by atoms with van der Waals surface area (Å²) in [6.07, 6.45) is 1.20. The summed E-state index contributed by atoms with van der Waals surface area (Å²) in [7, 11) is 0. The number of anilines is 1. The van der Waals surface area contributed by atoms with Gasteiger partial charge in [0, 0.05) is 24.3 Å². The Morgan fingerprint density at radius 2 is 2.18 bits per heavy atom. The fourth-order valence-corrected chi connectivity index (χ4v) is 2.38. The van der Waals surface area contributed by atoms with Gasteiger partial charge in [-0.25, -0.2) is 4.98 Å². The highest BCUT2D eigenvalue weighted by Gasteiger charge is 2.30. The Morgan fingerprint density at radius 1 is 1.47 bits per heavy atom. The molecule has 1 aromatic heterocycles. The molecule has 2 N–H and O–H groups in total.